The highest BCUT2D eigenvalue weighted by Gasteiger charge is 2.26. The Morgan fingerprint density at radius 3 is 2.80 bits per heavy atom. The number of aromatic hydroxyl groups is 1. The van der Waals surface area contributed by atoms with Crippen LogP contribution in [0.25, 0.3) is 10.9 Å². The van der Waals surface area contributed by atoms with Crippen molar-refractivity contribution in [3.05, 3.63) is 30.0 Å². The maximum absolute atomic E-state index is 9.49. The zero-order chi connectivity index (χ0) is 10.4. The number of nitrogens with two attached hydrogens (primary N) is 1. The van der Waals surface area contributed by atoms with Crippen LogP contribution in [0.4, 0.5) is 0 Å². The molecule has 1 heterocycles. The third kappa shape index (κ3) is 1.31. The van der Waals surface area contributed by atoms with Gasteiger partial charge in [0.1, 0.15) is 5.75 Å². The molecule has 3 heteroatoms. The van der Waals surface area contributed by atoms with Crippen LogP contribution in [0.1, 0.15) is 24.6 Å². The van der Waals surface area contributed by atoms with Crippen molar-refractivity contribution in [1.82, 2.24) is 4.57 Å². The first-order chi connectivity index (χ1) is 7.29. The van der Waals surface area contributed by atoms with Crippen LogP contribution < -0.4 is 5.73 Å². The van der Waals surface area contributed by atoms with Gasteiger partial charge in [0.25, 0.3) is 0 Å². The first kappa shape index (κ1) is 8.80. The number of benzene rings is 1. The molecule has 0 bridgehead atoms. The summed E-state index contributed by atoms with van der Waals surface area (Å²) in [7, 11) is 0. The maximum atomic E-state index is 9.49. The average Bonchev–Trinajstić information content (AvgIpc) is 2.99. The van der Waals surface area contributed by atoms with E-state index in [1.807, 2.05) is 12.1 Å². The minimum Gasteiger partial charge on any atom is -0.508 e. The Morgan fingerprint density at radius 1 is 1.33 bits per heavy atom. The van der Waals surface area contributed by atoms with E-state index in [4.69, 9.17) is 5.73 Å². The summed E-state index contributed by atoms with van der Waals surface area (Å²) in [6, 6.07) is 8.21. The summed E-state index contributed by atoms with van der Waals surface area (Å²) >= 11 is 0. The van der Waals surface area contributed by atoms with Crippen LogP contribution in [-0.2, 0) is 6.54 Å². The zero-order valence-corrected chi connectivity index (χ0v) is 8.48. The quantitative estimate of drug-likeness (QED) is 0.783. The van der Waals surface area contributed by atoms with E-state index in [1.165, 1.54) is 18.2 Å². The minimum atomic E-state index is 0.325. The third-order valence-corrected chi connectivity index (χ3v) is 3.03. The summed E-state index contributed by atoms with van der Waals surface area (Å²) < 4.78 is 2.27. The molecular formula is C12H14N2O. The number of phenols is 1. The molecule has 0 aliphatic heterocycles. The van der Waals surface area contributed by atoms with Crippen molar-refractivity contribution in [2.24, 2.45) is 5.73 Å². The first-order valence-corrected chi connectivity index (χ1v) is 5.32. The van der Waals surface area contributed by atoms with Crippen molar-refractivity contribution in [3.63, 3.8) is 0 Å². The van der Waals surface area contributed by atoms with Gasteiger partial charge >= 0.3 is 0 Å². The number of hydrogen-bond acceptors (Lipinski definition) is 2. The van der Waals surface area contributed by atoms with E-state index in [2.05, 4.69) is 10.6 Å². The van der Waals surface area contributed by atoms with Crippen LogP contribution in [0.5, 0.6) is 5.75 Å². The third-order valence-electron chi connectivity index (χ3n) is 3.03. The van der Waals surface area contributed by atoms with Crippen LogP contribution in [-0.4, -0.2) is 9.67 Å². The van der Waals surface area contributed by atoms with Crippen molar-refractivity contribution in [3.8, 4) is 5.75 Å². The molecule has 1 saturated carbocycles. The second-order valence-corrected chi connectivity index (χ2v) is 4.18. The van der Waals surface area contributed by atoms with Gasteiger partial charge in [0.2, 0.25) is 0 Å². The summed E-state index contributed by atoms with van der Waals surface area (Å²) in [5.41, 5.74) is 8.01. The van der Waals surface area contributed by atoms with Gasteiger partial charge in [0.15, 0.2) is 0 Å². The van der Waals surface area contributed by atoms with Gasteiger partial charge in [-0.05, 0) is 31.0 Å². The summed E-state index contributed by atoms with van der Waals surface area (Å²) in [6.45, 7) is 0.561. The van der Waals surface area contributed by atoms with Crippen LogP contribution in [0, 0.1) is 0 Å². The lowest BCUT2D eigenvalue weighted by Crippen LogP contribution is -2.05. The van der Waals surface area contributed by atoms with Gasteiger partial charge in [0, 0.05) is 29.7 Å². The second-order valence-electron chi connectivity index (χ2n) is 4.18. The molecule has 0 atom stereocenters. The summed E-state index contributed by atoms with van der Waals surface area (Å²) in [6.07, 6.45) is 2.46. The second kappa shape index (κ2) is 3.00. The van der Waals surface area contributed by atoms with Crippen molar-refractivity contribution < 1.29 is 5.11 Å². The van der Waals surface area contributed by atoms with E-state index in [0.29, 0.717) is 18.3 Å². The van der Waals surface area contributed by atoms with E-state index in [-0.39, 0.29) is 0 Å². The maximum Gasteiger partial charge on any atom is 0.117 e. The molecule has 3 rings (SSSR count). The molecule has 0 unspecified atom stereocenters. The summed E-state index contributed by atoms with van der Waals surface area (Å²) in [4.78, 5) is 0. The van der Waals surface area contributed by atoms with Crippen LogP contribution in [0.2, 0.25) is 0 Å². The van der Waals surface area contributed by atoms with Gasteiger partial charge in [-0.15, -0.1) is 0 Å². The number of hydrogen-bond donors (Lipinski definition) is 2. The van der Waals surface area contributed by atoms with Gasteiger partial charge in [0.05, 0.1) is 5.52 Å². The van der Waals surface area contributed by atoms with E-state index >= 15 is 0 Å². The fraction of sp³-hybridized carbons (Fsp3) is 0.333. The lowest BCUT2D eigenvalue weighted by molar-refractivity contribution is 0.476. The molecule has 0 spiro atoms. The number of phenolic OH excluding ortho intramolecular Hbond substituents is 1. The number of fused-ring (bicyclic) bond motifs is 1. The van der Waals surface area contributed by atoms with Crippen molar-refractivity contribution in [1.29, 1.82) is 0 Å². The Hall–Kier alpha value is -1.48. The minimum absolute atomic E-state index is 0.325. The smallest absolute Gasteiger partial charge is 0.117 e. The lowest BCUT2D eigenvalue weighted by atomic mass is 10.2. The van der Waals surface area contributed by atoms with Crippen molar-refractivity contribution in [2.75, 3.05) is 0 Å². The predicted octanol–water partition coefficient (Wildman–Crippen LogP) is 2.14. The zero-order valence-electron chi connectivity index (χ0n) is 8.48. The highest BCUT2D eigenvalue weighted by atomic mass is 16.3. The normalized spacial score (nSPS) is 16.1. The monoisotopic (exact) mass is 202 g/mol. The Balaban J connectivity index is 2.30. The Kier molecular flexibility index (Phi) is 1.76. The SMILES string of the molecule is NCc1cc2ccc(O)cc2n1C1CC1. The summed E-state index contributed by atoms with van der Waals surface area (Å²) in [5.74, 6) is 0.325. The molecule has 78 valence electrons. The van der Waals surface area contributed by atoms with Gasteiger partial charge < -0.3 is 15.4 Å². The van der Waals surface area contributed by atoms with E-state index in [9.17, 15) is 5.11 Å². The topological polar surface area (TPSA) is 51.2 Å². The molecule has 0 amide bonds. The van der Waals surface area contributed by atoms with Gasteiger partial charge in [-0.1, -0.05) is 0 Å². The average molecular weight is 202 g/mol. The molecule has 3 nitrogen and oxygen atoms in total. The molecule has 1 aromatic heterocycles. The van der Waals surface area contributed by atoms with Crippen LogP contribution in [0.3, 0.4) is 0 Å². The van der Waals surface area contributed by atoms with Crippen molar-refractivity contribution in [2.45, 2.75) is 25.4 Å². The molecule has 3 N–H and O–H groups in total. The van der Waals surface area contributed by atoms with E-state index in [0.717, 1.165) is 11.2 Å². The Labute approximate surface area is 88.1 Å². The fourth-order valence-corrected chi connectivity index (χ4v) is 2.19. The summed E-state index contributed by atoms with van der Waals surface area (Å²) in [5, 5.41) is 10.7. The van der Waals surface area contributed by atoms with E-state index < -0.39 is 0 Å². The van der Waals surface area contributed by atoms with Crippen molar-refractivity contribution >= 4 is 10.9 Å². The van der Waals surface area contributed by atoms with Crippen LogP contribution in [0.15, 0.2) is 24.3 Å². The lowest BCUT2D eigenvalue weighted by Gasteiger charge is -2.07. The highest BCUT2D eigenvalue weighted by Crippen LogP contribution is 2.40. The molecule has 1 aliphatic rings. The van der Waals surface area contributed by atoms with Gasteiger partial charge in [-0.25, -0.2) is 0 Å². The van der Waals surface area contributed by atoms with E-state index in [1.54, 1.807) is 6.07 Å². The number of nitrogens with zero attached hydrogens (tertiary/aromatic N) is 1. The molecule has 0 saturated heterocycles. The molecule has 1 aliphatic carbocycles. The predicted molar refractivity (Wildman–Crippen MR) is 59.8 cm³/mol. The Morgan fingerprint density at radius 2 is 2.13 bits per heavy atom. The van der Waals surface area contributed by atoms with Gasteiger partial charge in [-0.3, -0.25) is 0 Å². The molecule has 2 aromatic rings. The first-order valence-electron chi connectivity index (χ1n) is 5.32. The number of aromatic nitrogens is 1. The fourth-order valence-electron chi connectivity index (χ4n) is 2.19. The van der Waals surface area contributed by atoms with Gasteiger partial charge in [-0.2, -0.15) is 0 Å². The highest BCUT2D eigenvalue weighted by molar-refractivity contribution is 5.83. The molecular weight excluding hydrogens is 188 g/mol. The molecule has 1 fully saturated rings. The molecule has 15 heavy (non-hydrogen) atoms. The van der Waals surface area contributed by atoms with Crippen LogP contribution >= 0.6 is 0 Å². The molecule has 0 radical (unpaired) electrons. The standard InChI is InChI=1S/C12H14N2O/c13-7-10-5-8-1-4-11(15)6-12(8)14(10)9-2-3-9/h1,4-6,9,15H,2-3,7,13H2. The Bertz CT molecular complexity index is 512. The number of rotatable bonds is 2. The largest absolute Gasteiger partial charge is 0.508 e. The molecule has 1 aromatic carbocycles.